The maximum absolute atomic E-state index is 11.3. The molecule has 4 nitrogen and oxygen atoms in total. The summed E-state index contributed by atoms with van der Waals surface area (Å²) in [6, 6.07) is 4.68. The molecule has 1 amide bonds. The smallest absolute Gasteiger partial charge is 0.219 e. The Labute approximate surface area is 124 Å². The molecule has 0 radical (unpaired) electrons. The van der Waals surface area contributed by atoms with Gasteiger partial charge in [0.1, 0.15) is 0 Å². The van der Waals surface area contributed by atoms with Gasteiger partial charge in [-0.2, -0.15) is 0 Å². The lowest BCUT2D eigenvalue weighted by Gasteiger charge is -2.33. The number of aliphatic hydroxyl groups is 1. The fourth-order valence-corrected chi connectivity index (χ4v) is 3.49. The standard InChI is InChI=1S/C15H24N2O2S/c1-11(10-14(19)15-4-3-9-20-15)16-13-5-7-17(8-6-13)12(2)18/h3-4,9,11,13-14,16,19H,5-8,10H2,1-2H3. The molecule has 0 bridgehead atoms. The molecule has 0 aliphatic carbocycles. The number of carbonyl (C=O) groups excluding carboxylic acids is 1. The summed E-state index contributed by atoms with van der Waals surface area (Å²) in [7, 11) is 0. The first-order chi connectivity index (χ1) is 9.56. The van der Waals surface area contributed by atoms with E-state index in [4.69, 9.17) is 0 Å². The van der Waals surface area contributed by atoms with Gasteiger partial charge < -0.3 is 15.3 Å². The largest absolute Gasteiger partial charge is 0.388 e. The summed E-state index contributed by atoms with van der Waals surface area (Å²) in [5.41, 5.74) is 0. The predicted molar refractivity (Wildman–Crippen MR) is 81.8 cm³/mol. The fraction of sp³-hybridized carbons (Fsp3) is 0.667. The molecule has 1 aliphatic heterocycles. The van der Waals surface area contributed by atoms with E-state index >= 15 is 0 Å². The summed E-state index contributed by atoms with van der Waals surface area (Å²) in [6.45, 7) is 5.43. The zero-order valence-corrected chi connectivity index (χ0v) is 13.0. The normalized spacial score (nSPS) is 19.9. The lowest BCUT2D eigenvalue weighted by molar-refractivity contribution is -0.129. The highest BCUT2D eigenvalue weighted by Crippen LogP contribution is 2.23. The van der Waals surface area contributed by atoms with Crippen molar-refractivity contribution in [2.24, 2.45) is 0 Å². The average Bonchev–Trinajstić information content (AvgIpc) is 2.93. The van der Waals surface area contributed by atoms with Crippen molar-refractivity contribution in [1.29, 1.82) is 0 Å². The van der Waals surface area contributed by atoms with Crippen LogP contribution in [0.4, 0.5) is 0 Å². The highest BCUT2D eigenvalue weighted by molar-refractivity contribution is 7.10. The van der Waals surface area contributed by atoms with Gasteiger partial charge in [-0.3, -0.25) is 4.79 Å². The third kappa shape index (κ3) is 4.30. The molecule has 2 heterocycles. The number of nitrogens with zero attached hydrogens (tertiary/aromatic N) is 1. The molecule has 2 atom stereocenters. The Balaban J connectivity index is 1.72. The van der Waals surface area contributed by atoms with Crippen molar-refractivity contribution in [3.05, 3.63) is 22.4 Å². The molecule has 1 aromatic rings. The first-order valence-corrected chi connectivity index (χ1v) is 8.17. The van der Waals surface area contributed by atoms with Gasteiger partial charge in [-0.1, -0.05) is 6.07 Å². The molecule has 2 rings (SSSR count). The van der Waals surface area contributed by atoms with Gasteiger partial charge in [0, 0.05) is 37.0 Å². The molecule has 2 unspecified atom stereocenters. The van der Waals surface area contributed by atoms with Gasteiger partial charge in [0.05, 0.1) is 6.10 Å². The molecule has 0 spiro atoms. The minimum Gasteiger partial charge on any atom is -0.388 e. The predicted octanol–water partition coefficient (Wildman–Crippen LogP) is 2.16. The molecule has 20 heavy (non-hydrogen) atoms. The summed E-state index contributed by atoms with van der Waals surface area (Å²) in [5, 5.41) is 15.7. The van der Waals surface area contributed by atoms with E-state index in [0.717, 1.165) is 37.2 Å². The minimum absolute atomic E-state index is 0.171. The molecule has 1 fully saturated rings. The minimum atomic E-state index is -0.380. The Bertz CT molecular complexity index is 414. The Morgan fingerprint density at radius 2 is 2.25 bits per heavy atom. The van der Waals surface area contributed by atoms with Crippen LogP contribution in [-0.2, 0) is 4.79 Å². The second kappa shape index (κ2) is 7.20. The van der Waals surface area contributed by atoms with E-state index < -0.39 is 0 Å². The number of aliphatic hydroxyl groups excluding tert-OH is 1. The SMILES string of the molecule is CC(=O)N1CCC(NC(C)CC(O)c2cccs2)CC1. The highest BCUT2D eigenvalue weighted by atomic mass is 32.1. The van der Waals surface area contributed by atoms with Crippen molar-refractivity contribution < 1.29 is 9.90 Å². The molecule has 0 saturated carbocycles. The number of thiophene rings is 1. The molecule has 2 N–H and O–H groups in total. The van der Waals surface area contributed by atoms with Crippen LogP contribution in [-0.4, -0.2) is 41.1 Å². The second-order valence-corrected chi connectivity index (χ2v) is 6.59. The van der Waals surface area contributed by atoms with Gasteiger partial charge in [0.15, 0.2) is 0 Å². The Morgan fingerprint density at radius 1 is 1.55 bits per heavy atom. The maximum Gasteiger partial charge on any atom is 0.219 e. The van der Waals surface area contributed by atoms with Gasteiger partial charge in [-0.25, -0.2) is 0 Å². The number of likely N-dealkylation sites (tertiary alicyclic amines) is 1. The maximum atomic E-state index is 11.3. The summed E-state index contributed by atoms with van der Waals surface area (Å²) < 4.78 is 0. The average molecular weight is 296 g/mol. The quantitative estimate of drug-likeness (QED) is 0.875. The van der Waals surface area contributed by atoms with Gasteiger partial charge in [-0.15, -0.1) is 11.3 Å². The van der Waals surface area contributed by atoms with E-state index in [1.54, 1.807) is 18.3 Å². The number of piperidine rings is 1. The first-order valence-electron chi connectivity index (χ1n) is 7.29. The van der Waals surface area contributed by atoms with Crippen molar-refractivity contribution in [3.8, 4) is 0 Å². The Hall–Kier alpha value is -0.910. The van der Waals surface area contributed by atoms with Crippen molar-refractivity contribution in [1.82, 2.24) is 10.2 Å². The van der Waals surface area contributed by atoms with Crippen LogP contribution in [0.1, 0.15) is 44.1 Å². The molecule has 1 saturated heterocycles. The fourth-order valence-electron chi connectivity index (χ4n) is 2.76. The summed E-state index contributed by atoms with van der Waals surface area (Å²) in [5.74, 6) is 0.171. The summed E-state index contributed by atoms with van der Waals surface area (Å²) in [4.78, 5) is 14.2. The van der Waals surface area contributed by atoms with Crippen molar-refractivity contribution in [2.75, 3.05) is 13.1 Å². The number of amides is 1. The third-order valence-corrected chi connectivity index (χ3v) is 4.88. The van der Waals surface area contributed by atoms with Gasteiger partial charge in [0.2, 0.25) is 5.91 Å². The van der Waals surface area contributed by atoms with Crippen LogP contribution in [0.3, 0.4) is 0 Å². The van der Waals surface area contributed by atoms with Crippen molar-refractivity contribution in [2.45, 2.75) is 51.3 Å². The van der Waals surface area contributed by atoms with E-state index in [1.807, 2.05) is 22.4 Å². The Morgan fingerprint density at radius 3 is 2.80 bits per heavy atom. The van der Waals surface area contributed by atoms with Crippen LogP contribution in [0.25, 0.3) is 0 Å². The van der Waals surface area contributed by atoms with E-state index in [-0.39, 0.29) is 18.1 Å². The lowest BCUT2D eigenvalue weighted by atomic mass is 10.0. The molecule has 0 aromatic carbocycles. The molecule has 1 aliphatic rings. The highest BCUT2D eigenvalue weighted by Gasteiger charge is 2.22. The summed E-state index contributed by atoms with van der Waals surface area (Å²) in [6.07, 6.45) is 2.35. The van der Waals surface area contributed by atoms with Crippen LogP contribution in [0, 0.1) is 0 Å². The number of hydrogen-bond donors (Lipinski definition) is 2. The summed E-state index contributed by atoms with van der Waals surface area (Å²) >= 11 is 1.60. The van der Waals surface area contributed by atoms with E-state index in [0.29, 0.717) is 6.04 Å². The number of carbonyl (C=O) groups is 1. The van der Waals surface area contributed by atoms with Gasteiger partial charge in [-0.05, 0) is 37.6 Å². The van der Waals surface area contributed by atoms with E-state index in [9.17, 15) is 9.90 Å². The van der Waals surface area contributed by atoms with Crippen LogP contribution in [0.5, 0.6) is 0 Å². The number of nitrogens with one attached hydrogen (secondary N) is 1. The third-order valence-electron chi connectivity index (χ3n) is 3.91. The van der Waals surface area contributed by atoms with Crippen LogP contribution < -0.4 is 5.32 Å². The number of hydrogen-bond acceptors (Lipinski definition) is 4. The zero-order chi connectivity index (χ0) is 14.5. The molecule has 112 valence electrons. The lowest BCUT2D eigenvalue weighted by Crippen LogP contribution is -2.46. The monoisotopic (exact) mass is 296 g/mol. The number of rotatable bonds is 5. The molecule has 1 aromatic heterocycles. The van der Waals surface area contributed by atoms with E-state index in [2.05, 4.69) is 12.2 Å². The van der Waals surface area contributed by atoms with E-state index in [1.165, 1.54) is 0 Å². The van der Waals surface area contributed by atoms with Crippen molar-refractivity contribution >= 4 is 17.2 Å². The van der Waals surface area contributed by atoms with Crippen LogP contribution in [0.2, 0.25) is 0 Å². The molecular formula is C15H24N2O2S. The van der Waals surface area contributed by atoms with Crippen molar-refractivity contribution in [3.63, 3.8) is 0 Å². The van der Waals surface area contributed by atoms with Gasteiger partial charge >= 0.3 is 0 Å². The van der Waals surface area contributed by atoms with Crippen LogP contribution >= 0.6 is 11.3 Å². The van der Waals surface area contributed by atoms with Gasteiger partial charge in [0.25, 0.3) is 0 Å². The second-order valence-electron chi connectivity index (χ2n) is 5.61. The zero-order valence-electron chi connectivity index (χ0n) is 12.2. The molecule has 5 heteroatoms. The topological polar surface area (TPSA) is 52.6 Å². The van der Waals surface area contributed by atoms with Crippen LogP contribution in [0.15, 0.2) is 17.5 Å². The Kier molecular flexibility index (Phi) is 5.57. The first kappa shape index (κ1) is 15.5. The molecular weight excluding hydrogens is 272 g/mol.